The van der Waals surface area contributed by atoms with Gasteiger partial charge in [-0.2, -0.15) is 10.8 Å². The first-order valence-corrected chi connectivity index (χ1v) is 10.8. The number of anilines is 2. The lowest BCUT2D eigenvalue weighted by molar-refractivity contribution is -0.750. The highest BCUT2D eigenvalue weighted by Gasteiger charge is 2.48. The van der Waals surface area contributed by atoms with E-state index < -0.39 is 5.82 Å². The Bertz CT molecular complexity index is 1390. The Kier molecular flexibility index (Phi) is 4.48. The van der Waals surface area contributed by atoms with Gasteiger partial charge in [-0.15, -0.1) is 4.59 Å². The number of pyridine rings is 1. The summed E-state index contributed by atoms with van der Waals surface area (Å²) < 4.78 is 15.6. The van der Waals surface area contributed by atoms with Crippen LogP contribution >= 0.6 is 0 Å². The first kappa shape index (κ1) is 19.9. The van der Waals surface area contributed by atoms with Gasteiger partial charge < -0.3 is 10.4 Å². The number of allylic oxidation sites excluding steroid dienone is 2. The standard InChI is InChI=1S/C25H22FN6O/c26-22-19(8-6-15-7-9-21(30-24(15)22)29-17-4-2-1-3-5-17)25-31-23(16-12-18(33)13-16)20-14-28-10-11-32(20,25)27/h1-11,14,16,18,33H,12-13,27H2,(H,29,30)/q+1. The van der Waals surface area contributed by atoms with Crippen molar-refractivity contribution in [3.05, 3.63) is 89.8 Å². The number of aromatic nitrogens is 1. The Morgan fingerprint density at radius 1 is 1.06 bits per heavy atom. The van der Waals surface area contributed by atoms with Crippen molar-refractivity contribution in [3.8, 4) is 0 Å². The van der Waals surface area contributed by atoms with E-state index in [4.69, 9.17) is 10.8 Å². The van der Waals surface area contributed by atoms with Crippen LogP contribution in [0.5, 0.6) is 0 Å². The van der Waals surface area contributed by atoms with Crippen LogP contribution in [0.1, 0.15) is 18.4 Å². The lowest BCUT2D eigenvalue weighted by atomic mass is 9.79. The minimum atomic E-state index is -0.476. The molecule has 3 aliphatic rings. The van der Waals surface area contributed by atoms with Crippen molar-refractivity contribution >= 4 is 34.5 Å². The lowest BCUT2D eigenvalue weighted by Crippen LogP contribution is -2.53. The van der Waals surface area contributed by atoms with Crippen LogP contribution in [-0.2, 0) is 0 Å². The largest absolute Gasteiger partial charge is 0.393 e. The van der Waals surface area contributed by atoms with Crippen molar-refractivity contribution < 1.29 is 14.1 Å². The number of hydrogen-bond acceptors (Lipinski definition) is 6. The Morgan fingerprint density at radius 2 is 1.85 bits per heavy atom. The number of nitrogens with one attached hydrogen (secondary N) is 1. The number of hydrogen-bond donors (Lipinski definition) is 3. The third-order valence-corrected chi connectivity index (χ3v) is 6.41. The van der Waals surface area contributed by atoms with Crippen LogP contribution in [0.25, 0.3) is 10.9 Å². The first-order valence-electron chi connectivity index (χ1n) is 10.8. The normalized spacial score (nSPS) is 25.7. The minimum Gasteiger partial charge on any atom is -0.393 e. The molecule has 33 heavy (non-hydrogen) atoms. The number of aliphatic hydroxyl groups is 1. The number of halogens is 1. The zero-order valence-electron chi connectivity index (χ0n) is 17.7. The summed E-state index contributed by atoms with van der Waals surface area (Å²) in [7, 11) is 0. The van der Waals surface area contributed by atoms with Crippen molar-refractivity contribution in [1.82, 2.24) is 4.98 Å². The van der Waals surface area contributed by atoms with Crippen molar-refractivity contribution in [1.29, 1.82) is 0 Å². The summed E-state index contributed by atoms with van der Waals surface area (Å²) in [5.74, 6) is 7.26. The highest BCUT2D eigenvalue weighted by molar-refractivity contribution is 6.03. The quantitative estimate of drug-likeness (QED) is 0.419. The molecule has 0 spiro atoms. The fourth-order valence-corrected chi connectivity index (χ4v) is 4.56. The predicted molar refractivity (Wildman–Crippen MR) is 126 cm³/mol. The molecule has 1 unspecified atom stereocenters. The molecule has 0 bridgehead atoms. The van der Waals surface area contributed by atoms with E-state index in [-0.39, 0.29) is 22.1 Å². The van der Waals surface area contributed by atoms with Gasteiger partial charge in [-0.25, -0.2) is 9.37 Å². The molecular weight excluding hydrogens is 419 g/mol. The van der Waals surface area contributed by atoms with Gasteiger partial charge in [0.2, 0.25) is 5.70 Å². The van der Waals surface area contributed by atoms with Crippen molar-refractivity contribution in [2.45, 2.75) is 18.9 Å². The monoisotopic (exact) mass is 441 g/mol. The fourth-order valence-electron chi connectivity index (χ4n) is 4.56. The summed E-state index contributed by atoms with van der Waals surface area (Å²) in [5.41, 5.74) is 2.87. The Morgan fingerprint density at radius 3 is 2.64 bits per heavy atom. The number of aliphatic imine (C=N–C) groups is 2. The number of nitrogens with two attached hydrogens (primary N) is 1. The summed E-state index contributed by atoms with van der Waals surface area (Å²) in [4.78, 5) is 13.6. The molecule has 8 heteroatoms. The molecule has 6 rings (SSSR count). The summed E-state index contributed by atoms with van der Waals surface area (Å²) in [5, 5.41) is 13.7. The van der Waals surface area contributed by atoms with Gasteiger partial charge in [0.15, 0.2) is 5.82 Å². The zero-order chi connectivity index (χ0) is 22.6. The van der Waals surface area contributed by atoms with E-state index in [1.165, 1.54) is 0 Å². The molecule has 2 aliphatic heterocycles. The predicted octanol–water partition coefficient (Wildman–Crippen LogP) is 4.11. The van der Waals surface area contributed by atoms with Gasteiger partial charge in [-0.05, 0) is 43.2 Å². The van der Waals surface area contributed by atoms with Gasteiger partial charge in [0.25, 0.3) is 5.84 Å². The molecule has 0 amide bonds. The smallest absolute Gasteiger partial charge is 0.267 e. The molecule has 1 aliphatic carbocycles. The number of benzene rings is 2. The van der Waals surface area contributed by atoms with Gasteiger partial charge >= 0.3 is 0 Å². The van der Waals surface area contributed by atoms with E-state index in [1.807, 2.05) is 48.5 Å². The SMILES string of the molecule is N[N+]12C=CN=CC1=C(C1CC(O)C1)N=C2c1ccc2ccc(Nc3ccccc3)nc2c1F. The Hall–Kier alpha value is -3.72. The van der Waals surface area contributed by atoms with Gasteiger partial charge in [0, 0.05) is 17.0 Å². The zero-order valence-corrected chi connectivity index (χ0v) is 17.7. The van der Waals surface area contributed by atoms with E-state index in [2.05, 4.69) is 15.3 Å². The molecule has 7 nitrogen and oxygen atoms in total. The van der Waals surface area contributed by atoms with Crippen LogP contribution < -0.4 is 11.2 Å². The molecule has 1 saturated carbocycles. The highest BCUT2D eigenvalue weighted by Crippen LogP contribution is 2.42. The van der Waals surface area contributed by atoms with E-state index >= 15 is 4.39 Å². The summed E-state index contributed by atoms with van der Waals surface area (Å²) >= 11 is 0. The van der Waals surface area contributed by atoms with Gasteiger partial charge in [-0.1, -0.05) is 24.3 Å². The lowest BCUT2D eigenvalue weighted by Gasteiger charge is -2.31. The average molecular weight is 441 g/mol. The number of para-hydroxylation sites is 1. The molecule has 3 heterocycles. The van der Waals surface area contributed by atoms with Crippen molar-refractivity contribution in [3.63, 3.8) is 0 Å². The molecule has 1 atom stereocenters. The number of quaternary nitrogens is 1. The van der Waals surface area contributed by atoms with E-state index in [1.54, 1.807) is 24.7 Å². The van der Waals surface area contributed by atoms with Crippen LogP contribution in [0, 0.1) is 11.7 Å². The molecule has 1 fully saturated rings. The summed E-state index contributed by atoms with van der Waals surface area (Å²) in [6, 6.07) is 16.8. The maximum atomic E-state index is 15.9. The number of nitrogens with zero attached hydrogens (tertiary/aromatic N) is 4. The summed E-state index contributed by atoms with van der Waals surface area (Å²) in [6.45, 7) is 0. The molecule has 3 aromatic rings. The molecule has 0 saturated heterocycles. The van der Waals surface area contributed by atoms with Crippen LogP contribution in [-0.4, -0.2) is 32.8 Å². The van der Waals surface area contributed by atoms with Crippen LogP contribution in [0.15, 0.2) is 88.4 Å². The van der Waals surface area contributed by atoms with Crippen LogP contribution in [0.2, 0.25) is 0 Å². The van der Waals surface area contributed by atoms with Crippen molar-refractivity contribution in [2.24, 2.45) is 21.7 Å². The number of aliphatic hydroxyl groups excluding tert-OH is 1. The highest BCUT2D eigenvalue weighted by atomic mass is 19.1. The minimum absolute atomic E-state index is 0.0785. The topological polar surface area (TPSA) is 95.9 Å². The van der Waals surface area contributed by atoms with E-state index in [0.29, 0.717) is 41.1 Å². The van der Waals surface area contributed by atoms with E-state index in [9.17, 15) is 5.11 Å². The van der Waals surface area contributed by atoms with Gasteiger partial charge in [0.1, 0.15) is 23.2 Å². The number of rotatable bonds is 4. The van der Waals surface area contributed by atoms with Crippen LogP contribution in [0.3, 0.4) is 0 Å². The molecule has 4 N–H and O–H groups in total. The summed E-state index contributed by atoms with van der Waals surface area (Å²) in [6.07, 6.45) is 5.86. The number of amidine groups is 1. The van der Waals surface area contributed by atoms with Gasteiger partial charge in [-0.3, -0.25) is 4.99 Å². The number of fused-ring (bicyclic) bond motifs is 2. The molecule has 0 radical (unpaired) electrons. The van der Waals surface area contributed by atoms with E-state index in [0.717, 1.165) is 11.4 Å². The Labute approximate surface area is 189 Å². The average Bonchev–Trinajstić information content (AvgIpc) is 3.11. The third kappa shape index (κ3) is 3.19. The van der Waals surface area contributed by atoms with Gasteiger partial charge in [0.05, 0.1) is 24.1 Å². The second-order valence-corrected chi connectivity index (χ2v) is 8.57. The molecule has 1 aromatic heterocycles. The van der Waals surface area contributed by atoms with Crippen molar-refractivity contribution in [2.75, 3.05) is 5.32 Å². The molecule has 164 valence electrons. The van der Waals surface area contributed by atoms with Crippen LogP contribution in [0.4, 0.5) is 15.9 Å². The fraction of sp³-hybridized carbons (Fsp3) is 0.160. The maximum absolute atomic E-state index is 15.9. The third-order valence-electron chi connectivity index (χ3n) is 6.41. The molecular formula is C25H22FN6O+. The Balaban J connectivity index is 1.43. The molecule has 2 aromatic carbocycles. The second-order valence-electron chi connectivity index (χ2n) is 8.57. The second kappa shape index (κ2) is 7.41. The first-order chi connectivity index (χ1) is 16.0. The maximum Gasteiger partial charge on any atom is 0.267 e.